The molecule has 0 saturated heterocycles. The second kappa shape index (κ2) is 7.65. The van der Waals surface area contributed by atoms with E-state index in [1.54, 1.807) is 7.11 Å². The molecular formula is C11H23NO3. The molecule has 0 unspecified atom stereocenters. The topological polar surface area (TPSA) is 58.6 Å². The van der Waals surface area contributed by atoms with Crippen LogP contribution in [0.5, 0.6) is 0 Å². The van der Waals surface area contributed by atoms with Crippen LogP contribution in [0.25, 0.3) is 0 Å². The maximum atomic E-state index is 10.2. The van der Waals surface area contributed by atoms with Crippen LogP contribution in [0, 0.1) is 0 Å². The molecule has 0 heterocycles. The summed E-state index contributed by atoms with van der Waals surface area (Å²) in [7, 11) is 1.69. The molecule has 0 aliphatic carbocycles. The molecule has 0 fully saturated rings. The van der Waals surface area contributed by atoms with Gasteiger partial charge in [-0.2, -0.15) is 0 Å². The normalized spacial score (nSPS) is 11.7. The van der Waals surface area contributed by atoms with Crippen molar-refractivity contribution in [3.05, 3.63) is 0 Å². The Balaban J connectivity index is 3.34. The number of ether oxygens (including phenoxy) is 1. The van der Waals surface area contributed by atoms with Gasteiger partial charge in [-0.1, -0.05) is 6.42 Å². The van der Waals surface area contributed by atoms with Gasteiger partial charge in [0.15, 0.2) is 0 Å². The summed E-state index contributed by atoms with van der Waals surface area (Å²) >= 11 is 0. The minimum absolute atomic E-state index is 0.00154. The van der Waals surface area contributed by atoms with Crippen LogP contribution in [-0.2, 0) is 9.53 Å². The molecule has 0 amide bonds. The molecule has 0 aromatic heterocycles. The summed E-state index contributed by atoms with van der Waals surface area (Å²) in [5.41, 5.74) is 0.00154. The van der Waals surface area contributed by atoms with Gasteiger partial charge in [-0.3, -0.25) is 4.79 Å². The number of nitrogens with one attached hydrogen (secondary N) is 1. The molecule has 0 spiro atoms. The van der Waals surface area contributed by atoms with E-state index in [0.717, 1.165) is 25.8 Å². The zero-order chi connectivity index (χ0) is 11.7. The maximum absolute atomic E-state index is 10.2. The summed E-state index contributed by atoms with van der Waals surface area (Å²) in [6.07, 6.45) is 3.02. The van der Waals surface area contributed by atoms with Crippen molar-refractivity contribution in [2.24, 2.45) is 0 Å². The van der Waals surface area contributed by atoms with Crippen molar-refractivity contribution in [2.45, 2.75) is 45.1 Å². The van der Waals surface area contributed by atoms with E-state index in [9.17, 15) is 4.79 Å². The molecule has 4 nitrogen and oxygen atoms in total. The highest BCUT2D eigenvalue weighted by atomic mass is 16.5. The van der Waals surface area contributed by atoms with Gasteiger partial charge in [0.25, 0.3) is 0 Å². The van der Waals surface area contributed by atoms with Crippen LogP contribution in [0.4, 0.5) is 0 Å². The van der Waals surface area contributed by atoms with E-state index >= 15 is 0 Å². The highest BCUT2D eigenvalue weighted by Gasteiger charge is 2.15. The van der Waals surface area contributed by atoms with Gasteiger partial charge in [-0.15, -0.1) is 0 Å². The predicted octanol–water partition coefficient (Wildman–Crippen LogP) is 1.65. The fourth-order valence-corrected chi connectivity index (χ4v) is 1.42. The van der Waals surface area contributed by atoms with E-state index in [-0.39, 0.29) is 12.0 Å². The van der Waals surface area contributed by atoms with E-state index in [1.807, 2.05) is 0 Å². The van der Waals surface area contributed by atoms with Gasteiger partial charge in [0, 0.05) is 19.1 Å². The number of methoxy groups -OCH3 is 1. The first-order valence-electron chi connectivity index (χ1n) is 5.44. The molecule has 0 saturated carbocycles. The van der Waals surface area contributed by atoms with Crippen LogP contribution in [0.1, 0.15) is 39.5 Å². The van der Waals surface area contributed by atoms with Crippen molar-refractivity contribution in [1.82, 2.24) is 5.32 Å². The smallest absolute Gasteiger partial charge is 0.303 e. The first-order chi connectivity index (χ1) is 6.98. The molecule has 0 aromatic rings. The Hall–Kier alpha value is -0.610. The third-order valence-electron chi connectivity index (χ3n) is 2.18. The van der Waals surface area contributed by atoms with E-state index in [4.69, 9.17) is 9.84 Å². The van der Waals surface area contributed by atoms with Crippen molar-refractivity contribution in [3.8, 4) is 0 Å². The minimum atomic E-state index is -0.706. The number of aliphatic carboxylic acids is 1. The van der Waals surface area contributed by atoms with Crippen molar-refractivity contribution >= 4 is 5.97 Å². The number of hydrogen-bond donors (Lipinski definition) is 2. The van der Waals surface area contributed by atoms with Crippen LogP contribution in [0.2, 0.25) is 0 Å². The fourth-order valence-electron chi connectivity index (χ4n) is 1.42. The van der Waals surface area contributed by atoms with Gasteiger partial charge in [0.05, 0.1) is 6.61 Å². The summed E-state index contributed by atoms with van der Waals surface area (Å²) in [4.78, 5) is 10.2. The Bertz CT molecular complexity index is 181. The van der Waals surface area contributed by atoms with E-state index in [0.29, 0.717) is 6.61 Å². The molecule has 0 radical (unpaired) electrons. The van der Waals surface area contributed by atoms with E-state index < -0.39 is 5.97 Å². The van der Waals surface area contributed by atoms with Gasteiger partial charge < -0.3 is 15.2 Å². The molecule has 0 atom stereocenters. The minimum Gasteiger partial charge on any atom is -0.481 e. The highest BCUT2D eigenvalue weighted by Crippen LogP contribution is 2.04. The van der Waals surface area contributed by atoms with Crippen LogP contribution >= 0.6 is 0 Å². The average molecular weight is 217 g/mol. The second-order valence-corrected chi connectivity index (χ2v) is 4.45. The third kappa shape index (κ3) is 9.69. The summed E-state index contributed by atoms with van der Waals surface area (Å²) in [6, 6.07) is 0. The first kappa shape index (κ1) is 14.4. The summed E-state index contributed by atoms with van der Waals surface area (Å²) in [5, 5.41) is 11.8. The van der Waals surface area contributed by atoms with Gasteiger partial charge in [0.1, 0.15) is 0 Å². The van der Waals surface area contributed by atoms with Crippen LogP contribution in [0.15, 0.2) is 0 Å². The van der Waals surface area contributed by atoms with Crippen LogP contribution in [-0.4, -0.2) is 36.9 Å². The lowest BCUT2D eigenvalue weighted by atomic mass is 10.1. The molecule has 0 aliphatic heterocycles. The largest absolute Gasteiger partial charge is 0.481 e. The fraction of sp³-hybridized carbons (Fsp3) is 0.909. The molecule has 0 bridgehead atoms. The molecule has 4 heteroatoms. The van der Waals surface area contributed by atoms with Gasteiger partial charge in [0.2, 0.25) is 0 Å². The molecule has 90 valence electrons. The van der Waals surface area contributed by atoms with Gasteiger partial charge >= 0.3 is 5.97 Å². The van der Waals surface area contributed by atoms with Crippen molar-refractivity contribution < 1.29 is 14.6 Å². The lowest BCUT2D eigenvalue weighted by molar-refractivity contribution is -0.137. The second-order valence-electron chi connectivity index (χ2n) is 4.45. The number of carbonyl (C=O) groups is 1. The number of unbranched alkanes of at least 4 members (excludes halogenated alkanes) is 2. The van der Waals surface area contributed by atoms with Gasteiger partial charge in [-0.25, -0.2) is 0 Å². The standard InChI is InChI=1S/C11H23NO3/c1-11(2,9-15-3)12-8-6-4-5-7-10(13)14/h12H,4-9H2,1-3H3,(H,13,14). The Morgan fingerprint density at radius 3 is 2.53 bits per heavy atom. The lowest BCUT2D eigenvalue weighted by Crippen LogP contribution is -2.43. The Morgan fingerprint density at radius 2 is 2.00 bits per heavy atom. The molecule has 2 N–H and O–H groups in total. The monoisotopic (exact) mass is 217 g/mol. The Labute approximate surface area is 92.0 Å². The SMILES string of the molecule is COCC(C)(C)NCCCCCC(=O)O. The van der Waals surface area contributed by atoms with Crippen molar-refractivity contribution in [1.29, 1.82) is 0 Å². The van der Waals surface area contributed by atoms with Crippen LogP contribution < -0.4 is 5.32 Å². The van der Waals surface area contributed by atoms with E-state index in [2.05, 4.69) is 19.2 Å². The summed E-state index contributed by atoms with van der Waals surface area (Å²) in [6.45, 7) is 5.78. The quantitative estimate of drug-likeness (QED) is 0.576. The highest BCUT2D eigenvalue weighted by molar-refractivity contribution is 5.66. The maximum Gasteiger partial charge on any atom is 0.303 e. The molecule has 0 aliphatic rings. The van der Waals surface area contributed by atoms with Crippen molar-refractivity contribution in [2.75, 3.05) is 20.3 Å². The van der Waals surface area contributed by atoms with Gasteiger partial charge in [-0.05, 0) is 33.2 Å². The average Bonchev–Trinajstić information content (AvgIpc) is 2.10. The predicted molar refractivity (Wildman–Crippen MR) is 60.1 cm³/mol. The summed E-state index contributed by atoms with van der Waals surface area (Å²) < 4.78 is 5.08. The number of carboxylic acid groups (broad SMARTS) is 1. The third-order valence-corrected chi connectivity index (χ3v) is 2.18. The van der Waals surface area contributed by atoms with E-state index in [1.165, 1.54) is 0 Å². The molecule has 0 rings (SSSR count). The number of rotatable bonds is 9. The number of carboxylic acids is 1. The molecule has 0 aromatic carbocycles. The summed E-state index contributed by atoms with van der Waals surface area (Å²) in [5.74, 6) is -0.706. The van der Waals surface area contributed by atoms with Crippen LogP contribution in [0.3, 0.4) is 0 Å². The zero-order valence-corrected chi connectivity index (χ0v) is 10.0. The van der Waals surface area contributed by atoms with Crippen molar-refractivity contribution in [3.63, 3.8) is 0 Å². The Morgan fingerprint density at radius 1 is 1.33 bits per heavy atom. The first-order valence-corrected chi connectivity index (χ1v) is 5.44. The molecular weight excluding hydrogens is 194 g/mol. The number of hydrogen-bond acceptors (Lipinski definition) is 3. The zero-order valence-electron chi connectivity index (χ0n) is 10.0. The lowest BCUT2D eigenvalue weighted by Gasteiger charge is -2.25. The molecule has 15 heavy (non-hydrogen) atoms. The Kier molecular flexibility index (Phi) is 7.34.